The van der Waals surface area contributed by atoms with Gasteiger partial charge in [-0.15, -0.1) is 0 Å². The Hall–Kier alpha value is -0.0100. The second-order valence-corrected chi connectivity index (χ2v) is 4.90. The van der Waals surface area contributed by atoms with Crippen LogP contribution in [-0.4, -0.2) is 62.4 Å². The maximum Gasteiger partial charge on any atom is 0.0701 e. The van der Waals surface area contributed by atoms with Crippen LogP contribution in [0.2, 0.25) is 0 Å². The quantitative estimate of drug-likeness (QED) is 0.486. The van der Waals surface area contributed by atoms with E-state index in [1.807, 2.05) is 0 Å². The molecule has 0 saturated heterocycles. The van der Waals surface area contributed by atoms with Crippen molar-refractivity contribution in [2.75, 3.05) is 58.2 Å². The van der Waals surface area contributed by atoms with Crippen LogP contribution in [0.5, 0.6) is 0 Å². The zero-order valence-corrected chi connectivity index (χ0v) is 10.8. The summed E-state index contributed by atoms with van der Waals surface area (Å²) >= 11 is 0. The van der Waals surface area contributed by atoms with Crippen molar-refractivity contribution in [1.82, 2.24) is 0 Å². The van der Waals surface area contributed by atoms with Gasteiger partial charge in [-0.05, 0) is 13.0 Å². The summed E-state index contributed by atoms with van der Waals surface area (Å²) in [7, 11) is 0.839. The molecule has 5 nitrogen and oxygen atoms in total. The molecule has 0 fully saturated rings. The minimum atomic E-state index is -0.796. The van der Waals surface area contributed by atoms with Gasteiger partial charge in [0.15, 0.2) is 0 Å². The van der Waals surface area contributed by atoms with Crippen LogP contribution in [0, 0.1) is 0 Å². The number of ether oxygens (including phenoxy) is 3. The lowest BCUT2D eigenvalue weighted by atomic mass is 10.5. The lowest BCUT2D eigenvalue weighted by Crippen LogP contribution is -2.14. The van der Waals surface area contributed by atoms with E-state index in [9.17, 15) is 4.21 Å². The van der Waals surface area contributed by atoms with Crippen LogP contribution in [0.15, 0.2) is 0 Å². The Morgan fingerprint density at radius 3 is 2.25 bits per heavy atom. The number of hydrogen-bond donors (Lipinski definition) is 1. The minimum absolute atomic E-state index is 0.519. The molecular weight excluding hydrogens is 230 g/mol. The first-order valence-electron chi connectivity index (χ1n) is 5.50. The zero-order chi connectivity index (χ0) is 12.1. The Balaban J connectivity index is 3.05. The topological polar surface area (TPSA) is 70.8 Å². The minimum Gasteiger partial charge on any atom is -0.382 e. The van der Waals surface area contributed by atoms with Crippen LogP contribution < -0.4 is 5.73 Å². The highest BCUT2D eigenvalue weighted by Gasteiger charge is 1.98. The lowest BCUT2D eigenvalue weighted by molar-refractivity contribution is 0.0285. The first-order valence-corrected chi connectivity index (χ1v) is 6.99. The van der Waals surface area contributed by atoms with Gasteiger partial charge in [-0.1, -0.05) is 0 Å². The molecule has 98 valence electrons. The smallest absolute Gasteiger partial charge is 0.0701 e. The monoisotopic (exact) mass is 253 g/mol. The van der Waals surface area contributed by atoms with Gasteiger partial charge in [0.05, 0.1) is 33.0 Å². The number of hydrogen-bond acceptors (Lipinski definition) is 5. The molecule has 0 spiro atoms. The van der Waals surface area contributed by atoms with Crippen molar-refractivity contribution in [1.29, 1.82) is 0 Å². The van der Waals surface area contributed by atoms with E-state index in [-0.39, 0.29) is 0 Å². The predicted octanol–water partition coefficient (Wildman–Crippen LogP) is -0.236. The van der Waals surface area contributed by atoms with Crippen molar-refractivity contribution in [2.45, 2.75) is 6.42 Å². The fraction of sp³-hybridized carbons (Fsp3) is 1.00. The van der Waals surface area contributed by atoms with Gasteiger partial charge < -0.3 is 19.9 Å². The van der Waals surface area contributed by atoms with Crippen LogP contribution >= 0.6 is 0 Å². The molecule has 0 saturated carbocycles. The number of methoxy groups -OCH3 is 1. The summed E-state index contributed by atoms with van der Waals surface area (Å²) in [5.41, 5.74) is 5.32. The van der Waals surface area contributed by atoms with Crippen LogP contribution in [0.4, 0.5) is 0 Å². The standard InChI is InChI=1S/C10H23NO4S/c1-13-4-5-14-6-7-15-8-10-16(12)9-2-3-11/h2-11H2,1H3. The third kappa shape index (κ3) is 12.1. The van der Waals surface area contributed by atoms with Gasteiger partial charge in [0, 0.05) is 29.4 Å². The molecule has 2 N–H and O–H groups in total. The molecule has 0 aromatic carbocycles. The number of rotatable bonds is 12. The van der Waals surface area contributed by atoms with E-state index in [1.54, 1.807) is 7.11 Å². The Morgan fingerprint density at radius 1 is 1.00 bits per heavy atom. The van der Waals surface area contributed by atoms with Crippen LogP contribution in [-0.2, 0) is 25.0 Å². The maximum atomic E-state index is 11.3. The maximum absolute atomic E-state index is 11.3. The Kier molecular flexibility index (Phi) is 13.0. The molecule has 1 atom stereocenters. The molecule has 0 amide bonds. The van der Waals surface area contributed by atoms with Gasteiger partial charge in [-0.2, -0.15) is 0 Å². The average Bonchev–Trinajstić information content (AvgIpc) is 2.30. The first-order chi connectivity index (χ1) is 7.81. The van der Waals surface area contributed by atoms with E-state index in [4.69, 9.17) is 19.9 Å². The summed E-state index contributed by atoms with van der Waals surface area (Å²) in [6.45, 7) is 3.40. The SMILES string of the molecule is COCCOCCOCCS(=O)CCCN. The summed E-state index contributed by atoms with van der Waals surface area (Å²) in [5, 5.41) is 0. The normalized spacial score (nSPS) is 12.9. The molecule has 0 aromatic heterocycles. The van der Waals surface area contributed by atoms with E-state index in [0.717, 1.165) is 6.42 Å². The summed E-state index contributed by atoms with van der Waals surface area (Å²) in [6, 6.07) is 0. The van der Waals surface area contributed by atoms with E-state index >= 15 is 0 Å². The van der Waals surface area contributed by atoms with Crippen molar-refractivity contribution < 1.29 is 18.4 Å². The molecule has 0 radical (unpaired) electrons. The van der Waals surface area contributed by atoms with Gasteiger partial charge in [0.1, 0.15) is 0 Å². The van der Waals surface area contributed by atoms with Crippen molar-refractivity contribution in [3.63, 3.8) is 0 Å². The molecule has 0 aromatic rings. The highest BCUT2D eigenvalue weighted by atomic mass is 32.2. The van der Waals surface area contributed by atoms with Crippen molar-refractivity contribution in [3.05, 3.63) is 0 Å². The molecule has 0 aliphatic carbocycles. The molecule has 0 aliphatic heterocycles. The Morgan fingerprint density at radius 2 is 1.62 bits per heavy atom. The molecule has 0 bridgehead atoms. The molecule has 1 unspecified atom stereocenters. The van der Waals surface area contributed by atoms with Crippen molar-refractivity contribution in [2.24, 2.45) is 5.73 Å². The van der Waals surface area contributed by atoms with Gasteiger partial charge >= 0.3 is 0 Å². The summed E-state index contributed by atoms with van der Waals surface area (Å²) in [5.74, 6) is 1.25. The predicted molar refractivity (Wildman–Crippen MR) is 65.1 cm³/mol. The van der Waals surface area contributed by atoms with Gasteiger partial charge in [0.2, 0.25) is 0 Å². The van der Waals surface area contributed by atoms with Crippen LogP contribution in [0.3, 0.4) is 0 Å². The molecular formula is C10H23NO4S. The Labute approximate surface area is 100 Å². The van der Waals surface area contributed by atoms with E-state index < -0.39 is 10.8 Å². The zero-order valence-electron chi connectivity index (χ0n) is 9.98. The first kappa shape index (κ1) is 16.0. The lowest BCUT2D eigenvalue weighted by Gasteiger charge is -2.05. The largest absolute Gasteiger partial charge is 0.382 e. The third-order valence-corrected chi connectivity index (χ3v) is 3.20. The molecule has 6 heteroatoms. The molecule has 0 rings (SSSR count). The summed E-state index contributed by atoms with van der Waals surface area (Å²) in [4.78, 5) is 0. The van der Waals surface area contributed by atoms with Crippen molar-refractivity contribution in [3.8, 4) is 0 Å². The van der Waals surface area contributed by atoms with Crippen LogP contribution in [0.25, 0.3) is 0 Å². The second kappa shape index (κ2) is 13.1. The van der Waals surface area contributed by atoms with Crippen molar-refractivity contribution >= 4 is 10.8 Å². The molecule has 0 heterocycles. The fourth-order valence-corrected chi connectivity index (χ4v) is 1.96. The highest BCUT2D eigenvalue weighted by Crippen LogP contribution is 1.88. The van der Waals surface area contributed by atoms with E-state index in [2.05, 4.69) is 0 Å². The van der Waals surface area contributed by atoms with Gasteiger partial charge in [0.25, 0.3) is 0 Å². The average molecular weight is 253 g/mol. The fourth-order valence-electron chi connectivity index (χ4n) is 0.962. The van der Waals surface area contributed by atoms with Crippen LogP contribution in [0.1, 0.15) is 6.42 Å². The summed E-state index contributed by atoms with van der Waals surface area (Å²) in [6.07, 6.45) is 0.812. The molecule has 16 heavy (non-hydrogen) atoms. The van der Waals surface area contributed by atoms with E-state index in [0.29, 0.717) is 51.1 Å². The Bertz CT molecular complexity index is 169. The highest BCUT2D eigenvalue weighted by molar-refractivity contribution is 7.84. The number of nitrogens with two attached hydrogens (primary N) is 1. The summed E-state index contributed by atoms with van der Waals surface area (Å²) < 4.78 is 26.6. The molecule has 0 aliphatic rings. The third-order valence-electron chi connectivity index (χ3n) is 1.84. The van der Waals surface area contributed by atoms with E-state index in [1.165, 1.54) is 0 Å². The van der Waals surface area contributed by atoms with Gasteiger partial charge in [-0.25, -0.2) is 0 Å². The van der Waals surface area contributed by atoms with Gasteiger partial charge in [-0.3, -0.25) is 4.21 Å². The second-order valence-electron chi connectivity index (χ2n) is 3.21.